The van der Waals surface area contributed by atoms with Crippen molar-refractivity contribution in [1.82, 2.24) is 9.88 Å². The lowest BCUT2D eigenvalue weighted by molar-refractivity contribution is -0.121. The first-order valence-electron chi connectivity index (χ1n) is 12.2. The number of fused-ring (bicyclic) bond motifs is 1. The number of hydrogen-bond acceptors (Lipinski definition) is 3. The second kappa shape index (κ2) is 10.6. The highest BCUT2D eigenvalue weighted by atomic mass is 16.5. The molecule has 36 heavy (non-hydrogen) atoms. The van der Waals surface area contributed by atoms with Gasteiger partial charge in [-0.3, -0.25) is 4.79 Å². The second-order valence-corrected chi connectivity index (χ2v) is 9.10. The van der Waals surface area contributed by atoms with Crippen molar-refractivity contribution < 1.29 is 13.9 Å². The summed E-state index contributed by atoms with van der Waals surface area (Å²) < 4.78 is 13.0. The van der Waals surface area contributed by atoms with Gasteiger partial charge in [-0.05, 0) is 53.9 Å². The van der Waals surface area contributed by atoms with Crippen molar-refractivity contribution in [3.63, 3.8) is 0 Å². The number of para-hydroxylation sites is 1. The minimum absolute atomic E-state index is 0.0254. The highest BCUT2D eigenvalue weighted by molar-refractivity contribution is 5.86. The summed E-state index contributed by atoms with van der Waals surface area (Å²) >= 11 is 0. The van der Waals surface area contributed by atoms with Crippen LogP contribution in [0.5, 0.6) is 5.75 Å². The standard InChI is InChI=1S/C31H30N2O3/c1-22-9-11-23(12-10-22)20-33-21-29(27-7-3-4-8-30(27)33)28(24-13-15-25(35-2)16-14-24)18-31(34)32-19-26-6-5-17-36-26/h3-17,21,28H,18-20H2,1-2H3,(H,32,34). The van der Waals surface area contributed by atoms with Crippen LogP contribution in [0, 0.1) is 6.92 Å². The molecule has 1 amide bonds. The maximum absolute atomic E-state index is 13.1. The Kier molecular flexibility index (Phi) is 6.89. The number of carbonyl (C=O) groups excluding carboxylic acids is 1. The number of rotatable bonds is 9. The molecule has 0 aliphatic rings. The van der Waals surface area contributed by atoms with Crippen LogP contribution in [0.3, 0.4) is 0 Å². The lowest BCUT2D eigenvalue weighted by atomic mass is 9.88. The normalized spacial score (nSPS) is 11.9. The first kappa shape index (κ1) is 23.5. The quantitative estimate of drug-likeness (QED) is 0.265. The third kappa shape index (κ3) is 5.20. The highest BCUT2D eigenvalue weighted by Gasteiger charge is 2.23. The Morgan fingerprint density at radius 3 is 2.47 bits per heavy atom. The molecule has 182 valence electrons. The monoisotopic (exact) mass is 478 g/mol. The Hall–Kier alpha value is -4.25. The molecule has 1 N–H and O–H groups in total. The van der Waals surface area contributed by atoms with E-state index in [1.165, 1.54) is 11.1 Å². The number of methoxy groups -OCH3 is 1. The number of furan rings is 1. The SMILES string of the molecule is COc1ccc(C(CC(=O)NCc2ccco2)c2cn(Cc3ccc(C)cc3)c3ccccc23)cc1. The third-order valence-corrected chi connectivity index (χ3v) is 6.62. The summed E-state index contributed by atoms with van der Waals surface area (Å²) in [5.74, 6) is 1.39. The summed E-state index contributed by atoms with van der Waals surface area (Å²) in [6.45, 7) is 3.24. The molecule has 2 heterocycles. The van der Waals surface area contributed by atoms with Gasteiger partial charge < -0.3 is 19.0 Å². The first-order chi connectivity index (χ1) is 17.6. The number of aryl methyl sites for hydroxylation is 1. The van der Waals surface area contributed by atoms with Crippen LogP contribution >= 0.6 is 0 Å². The number of nitrogens with one attached hydrogen (secondary N) is 1. The van der Waals surface area contributed by atoms with Crippen LogP contribution in [0.1, 0.15) is 40.4 Å². The predicted molar refractivity (Wildman–Crippen MR) is 142 cm³/mol. The first-order valence-corrected chi connectivity index (χ1v) is 12.2. The van der Waals surface area contributed by atoms with Crippen LogP contribution in [0.25, 0.3) is 10.9 Å². The molecule has 5 rings (SSSR count). The molecule has 0 saturated carbocycles. The van der Waals surface area contributed by atoms with E-state index in [0.29, 0.717) is 13.0 Å². The van der Waals surface area contributed by atoms with E-state index in [9.17, 15) is 4.79 Å². The fraction of sp³-hybridized carbons (Fsp3) is 0.194. The van der Waals surface area contributed by atoms with E-state index in [4.69, 9.17) is 9.15 Å². The van der Waals surface area contributed by atoms with E-state index in [2.05, 4.69) is 83.7 Å². The number of hydrogen-bond donors (Lipinski definition) is 1. The van der Waals surface area contributed by atoms with Crippen molar-refractivity contribution >= 4 is 16.8 Å². The van der Waals surface area contributed by atoms with Crippen LogP contribution in [0.4, 0.5) is 0 Å². The lowest BCUT2D eigenvalue weighted by Crippen LogP contribution is -2.24. The molecular formula is C31H30N2O3. The van der Waals surface area contributed by atoms with Crippen molar-refractivity contribution in [2.75, 3.05) is 7.11 Å². The van der Waals surface area contributed by atoms with Gasteiger partial charge in [0.2, 0.25) is 5.91 Å². The minimum Gasteiger partial charge on any atom is -0.497 e. The molecular weight excluding hydrogens is 448 g/mol. The Labute approximate surface area is 211 Å². The molecule has 3 aromatic carbocycles. The van der Waals surface area contributed by atoms with Crippen LogP contribution in [-0.2, 0) is 17.9 Å². The van der Waals surface area contributed by atoms with E-state index in [0.717, 1.165) is 40.1 Å². The lowest BCUT2D eigenvalue weighted by Gasteiger charge is -2.17. The molecule has 1 atom stereocenters. The van der Waals surface area contributed by atoms with Gasteiger partial charge in [0.1, 0.15) is 11.5 Å². The highest BCUT2D eigenvalue weighted by Crippen LogP contribution is 2.36. The number of ether oxygens (including phenoxy) is 1. The van der Waals surface area contributed by atoms with Gasteiger partial charge in [0.15, 0.2) is 0 Å². The Morgan fingerprint density at radius 1 is 0.972 bits per heavy atom. The van der Waals surface area contributed by atoms with Crippen molar-refractivity contribution in [2.24, 2.45) is 0 Å². The van der Waals surface area contributed by atoms with Crippen molar-refractivity contribution in [3.8, 4) is 5.75 Å². The number of carbonyl (C=O) groups is 1. The van der Waals surface area contributed by atoms with Crippen LogP contribution < -0.4 is 10.1 Å². The molecule has 2 aromatic heterocycles. The zero-order valence-electron chi connectivity index (χ0n) is 20.6. The fourth-order valence-electron chi connectivity index (χ4n) is 4.67. The molecule has 0 radical (unpaired) electrons. The van der Waals surface area contributed by atoms with Gasteiger partial charge >= 0.3 is 0 Å². The fourth-order valence-corrected chi connectivity index (χ4v) is 4.67. The maximum atomic E-state index is 13.1. The molecule has 5 nitrogen and oxygen atoms in total. The topological polar surface area (TPSA) is 56.4 Å². The molecule has 0 aliphatic carbocycles. The molecule has 0 saturated heterocycles. The molecule has 1 unspecified atom stereocenters. The summed E-state index contributed by atoms with van der Waals surface area (Å²) in [4.78, 5) is 13.1. The van der Waals surface area contributed by atoms with Crippen molar-refractivity contribution in [1.29, 1.82) is 0 Å². The van der Waals surface area contributed by atoms with Gasteiger partial charge in [0.25, 0.3) is 0 Å². The number of amides is 1. The van der Waals surface area contributed by atoms with Crippen LogP contribution in [0.15, 0.2) is 102 Å². The molecule has 0 fully saturated rings. The smallest absolute Gasteiger partial charge is 0.221 e. The van der Waals surface area contributed by atoms with E-state index >= 15 is 0 Å². The minimum atomic E-state index is -0.114. The zero-order valence-corrected chi connectivity index (χ0v) is 20.6. The van der Waals surface area contributed by atoms with Gasteiger partial charge in [-0.25, -0.2) is 0 Å². The maximum Gasteiger partial charge on any atom is 0.221 e. The molecule has 0 bridgehead atoms. The summed E-state index contributed by atoms with van der Waals surface area (Å²) in [7, 11) is 1.66. The molecule has 0 spiro atoms. The van der Waals surface area contributed by atoms with Gasteiger partial charge in [0, 0.05) is 36.0 Å². The molecule has 5 aromatic rings. The van der Waals surface area contributed by atoms with Gasteiger partial charge in [-0.15, -0.1) is 0 Å². The van der Waals surface area contributed by atoms with E-state index in [1.807, 2.05) is 24.3 Å². The molecule has 5 heteroatoms. The Bertz CT molecular complexity index is 1430. The molecule has 0 aliphatic heterocycles. The predicted octanol–water partition coefficient (Wildman–Crippen LogP) is 6.44. The average Bonchev–Trinajstić information content (AvgIpc) is 3.56. The summed E-state index contributed by atoms with van der Waals surface area (Å²) in [6, 6.07) is 28.7. The Morgan fingerprint density at radius 2 is 1.75 bits per heavy atom. The van der Waals surface area contributed by atoms with Crippen molar-refractivity contribution in [3.05, 3.63) is 125 Å². The van der Waals surface area contributed by atoms with Gasteiger partial charge in [-0.2, -0.15) is 0 Å². The summed E-state index contributed by atoms with van der Waals surface area (Å²) in [5.41, 5.74) is 5.85. The average molecular weight is 479 g/mol. The van der Waals surface area contributed by atoms with E-state index < -0.39 is 0 Å². The number of aromatic nitrogens is 1. The van der Waals surface area contributed by atoms with Gasteiger partial charge in [0.05, 0.1) is 19.9 Å². The number of benzene rings is 3. The summed E-state index contributed by atoms with van der Waals surface area (Å²) in [5, 5.41) is 4.17. The van der Waals surface area contributed by atoms with Crippen LogP contribution in [-0.4, -0.2) is 17.6 Å². The zero-order chi connectivity index (χ0) is 24.9. The third-order valence-electron chi connectivity index (χ3n) is 6.62. The summed E-state index contributed by atoms with van der Waals surface area (Å²) in [6.07, 6.45) is 4.15. The van der Waals surface area contributed by atoms with E-state index in [1.54, 1.807) is 13.4 Å². The van der Waals surface area contributed by atoms with Crippen LogP contribution in [0.2, 0.25) is 0 Å². The van der Waals surface area contributed by atoms with Crippen molar-refractivity contribution in [2.45, 2.75) is 32.4 Å². The number of nitrogens with zero attached hydrogens (tertiary/aromatic N) is 1. The van der Waals surface area contributed by atoms with Gasteiger partial charge in [-0.1, -0.05) is 60.2 Å². The Balaban J connectivity index is 1.50. The second-order valence-electron chi connectivity index (χ2n) is 9.10. The largest absolute Gasteiger partial charge is 0.497 e. The van der Waals surface area contributed by atoms with E-state index in [-0.39, 0.29) is 11.8 Å².